The van der Waals surface area contributed by atoms with Gasteiger partial charge in [0.05, 0.1) is 5.75 Å². The molecule has 0 atom stereocenters. The molecular formula is C13H19NO4S. The Morgan fingerprint density at radius 1 is 1.21 bits per heavy atom. The average molecular weight is 285 g/mol. The summed E-state index contributed by atoms with van der Waals surface area (Å²) in [7, 11) is -3.40. The number of hydrogen-bond donors (Lipinski definition) is 2. The van der Waals surface area contributed by atoms with Crippen LogP contribution in [0.2, 0.25) is 0 Å². The lowest BCUT2D eigenvalue weighted by molar-refractivity contribution is -0.137. The summed E-state index contributed by atoms with van der Waals surface area (Å²) in [5.41, 5.74) is 1.89. The summed E-state index contributed by atoms with van der Waals surface area (Å²) in [5.74, 6) is -1.00. The van der Waals surface area contributed by atoms with Gasteiger partial charge in [0.2, 0.25) is 10.0 Å². The first-order valence-electron chi connectivity index (χ1n) is 6.20. The van der Waals surface area contributed by atoms with Crippen molar-refractivity contribution in [1.82, 2.24) is 4.72 Å². The van der Waals surface area contributed by atoms with Crippen LogP contribution in [0, 0.1) is 0 Å². The Balaban J connectivity index is 2.46. The first-order valence-corrected chi connectivity index (χ1v) is 7.85. The minimum atomic E-state index is -3.40. The molecule has 0 aromatic heterocycles. The van der Waals surface area contributed by atoms with E-state index in [0.29, 0.717) is 6.42 Å². The molecule has 0 unspecified atom stereocenters. The van der Waals surface area contributed by atoms with Crippen molar-refractivity contribution < 1.29 is 18.3 Å². The van der Waals surface area contributed by atoms with E-state index in [4.69, 9.17) is 5.11 Å². The molecule has 0 amide bonds. The van der Waals surface area contributed by atoms with Crippen LogP contribution in [0.1, 0.15) is 30.9 Å². The van der Waals surface area contributed by atoms with Crippen molar-refractivity contribution in [3.05, 3.63) is 35.4 Å². The third-order valence-corrected chi connectivity index (χ3v) is 4.03. The molecule has 0 aliphatic rings. The average Bonchev–Trinajstić information content (AvgIpc) is 2.35. The van der Waals surface area contributed by atoms with E-state index in [9.17, 15) is 13.2 Å². The summed E-state index contributed by atoms with van der Waals surface area (Å²) in [6.07, 6.45) is 1.18. The highest BCUT2D eigenvalue weighted by Gasteiger charge is 2.11. The van der Waals surface area contributed by atoms with E-state index in [1.807, 2.05) is 19.1 Å². The predicted molar refractivity (Wildman–Crippen MR) is 73.3 cm³/mol. The lowest BCUT2D eigenvalue weighted by atomic mass is 10.1. The number of rotatable bonds is 8. The monoisotopic (exact) mass is 285 g/mol. The number of nitrogens with one attached hydrogen (secondary N) is 1. The van der Waals surface area contributed by atoms with Crippen LogP contribution in [0.5, 0.6) is 0 Å². The second-order valence-corrected chi connectivity index (χ2v) is 6.13. The Morgan fingerprint density at radius 3 is 2.32 bits per heavy atom. The summed E-state index contributed by atoms with van der Waals surface area (Å²) in [6, 6.07) is 7.43. The Hall–Kier alpha value is -1.40. The van der Waals surface area contributed by atoms with Crippen molar-refractivity contribution in [1.29, 1.82) is 0 Å². The highest BCUT2D eigenvalue weighted by atomic mass is 32.2. The van der Waals surface area contributed by atoms with Gasteiger partial charge in [0.1, 0.15) is 0 Å². The summed E-state index contributed by atoms with van der Waals surface area (Å²) < 4.78 is 25.9. The molecule has 0 saturated carbocycles. The van der Waals surface area contributed by atoms with Crippen LogP contribution < -0.4 is 4.72 Å². The Kier molecular flexibility index (Phi) is 5.98. The molecule has 0 bridgehead atoms. The third-order valence-electron chi connectivity index (χ3n) is 2.68. The van der Waals surface area contributed by atoms with Gasteiger partial charge >= 0.3 is 5.97 Å². The van der Waals surface area contributed by atoms with Crippen molar-refractivity contribution in [3.63, 3.8) is 0 Å². The molecule has 0 aliphatic heterocycles. The Bertz CT molecular complexity index is 508. The Morgan fingerprint density at radius 2 is 1.79 bits per heavy atom. The van der Waals surface area contributed by atoms with Gasteiger partial charge in [-0.3, -0.25) is 4.79 Å². The van der Waals surface area contributed by atoms with Gasteiger partial charge in [0.15, 0.2) is 0 Å². The number of carboxylic acids is 1. The molecule has 1 aromatic rings. The van der Waals surface area contributed by atoms with Crippen molar-refractivity contribution >= 4 is 16.0 Å². The zero-order chi connectivity index (χ0) is 14.3. The molecule has 1 aromatic carbocycles. The van der Waals surface area contributed by atoms with Gasteiger partial charge in [-0.15, -0.1) is 0 Å². The maximum atomic E-state index is 11.7. The van der Waals surface area contributed by atoms with Crippen LogP contribution in [-0.2, 0) is 27.0 Å². The molecule has 1 rings (SSSR count). The quantitative estimate of drug-likeness (QED) is 0.710. The van der Waals surface area contributed by atoms with Crippen molar-refractivity contribution in [2.45, 2.75) is 31.9 Å². The second kappa shape index (κ2) is 7.25. The predicted octanol–water partition coefficient (Wildman–Crippen LogP) is 1.53. The van der Waals surface area contributed by atoms with Crippen LogP contribution in [0.15, 0.2) is 24.3 Å². The maximum Gasteiger partial charge on any atom is 0.303 e. The third kappa shape index (κ3) is 6.35. The Labute approximate surface area is 113 Å². The normalized spacial score (nSPS) is 11.4. The smallest absolute Gasteiger partial charge is 0.303 e. The van der Waals surface area contributed by atoms with Gasteiger partial charge in [-0.25, -0.2) is 13.1 Å². The molecule has 0 radical (unpaired) electrons. The van der Waals surface area contributed by atoms with Crippen LogP contribution in [0.4, 0.5) is 0 Å². The summed E-state index contributed by atoms with van der Waals surface area (Å²) in [4.78, 5) is 10.3. The standard InChI is InChI=1S/C13H19NO4S/c1-2-11-5-7-12(8-6-11)10-19(17,18)14-9-3-4-13(15)16/h5-8,14H,2-4,9-10H2,1H3,(H,15,16). The van der Waals surface area contributed by atoms with Gasteiger partial charge in [-0.05, 0) is 24.0 Å². The highest BCUT2D eigenvalue weighted by molar-refractivity contribution is 7.88. The van der Waals surface area contributed by atoms with Gasteiger partial charge < -0.3 is 5.11 Å². The number of benzene rings is 1. The molecule has 2 N–H and O–H groups in total. The maximum absolute atomic E-state index is 11.7. The zero-order valence-corrected chi connectivity index (χ0v) is 11.7. The van der Waals surface area contributed by atoms with E-state index >= 15 is 0 Å². The SMILES string of the molecule is CCc1ccc(CS(=O)(=O)NCCCC(=O)O)cc1. The van der Waals surface area contributed by atoms with E-state index in [2.05, 4.69) is 4.72 Å². The van der Waals surface area contributed by atoms with Crippen molar-refractivity contribution in [2.24, 2.45) is 0 Å². The molecule has 0 fully saturated rings. The van der Waals surface area contributed by atoms with Crippen LogP contribution in [0.3, 0.4) is 0 Å². The van der Waals surface area contributed by atoms with Gasteiger partial charge in [0, 0.05) is 13.0 Å². The van der Waals surface area contributed by atoms with Crippen LogP contribution >= 0.6 is 0 Å². The molecule has 0 heterocycles. The second-order valence-electron chi connectivity index (χ2n) is 4.32. The number of carboxylic acid groups (broad SMARTS) is 1. The lowest BCUT2D eigenvalue weighted by Gasteiger charge is -2.06. The summed E-state index contributed by atoms with van der Waals surface area (Å²) >= 11 is 0. The number of aryl methyl sites for hydroxylation is 1. The van der Waals surface area contributed by atoms with Crippen LogP contribution in [-0.4, -0.2) is 26.0 Å². The minimum absolute atomic E-state index is 0.0340. The topological polar surface area (TPSA) is 83.5 Å². The molecular weight excluding hydrogens is 266 g/mol. The molecule has 6 heteroatoms. The number of carbonyl (C=O) groups is 1. The molecule has 0 spiro atoms. The highest BCUT2D eigenvalue weighted by Crippen LogP contribution is 2.08. The summed E-state index contributed by atoms with van der Waals surface area (Å²) in [5, 5.41) is 8.45. The van der Waals surface area contributed by atoms with E-state index in [1.165, 1.54) is 0 Å². The van der Waals surface area contributed by atoms with Crippen molar-refractivity contribution in [2.75, 3.05) is 6.54 Å². The van der Waals surface area contributed by atoms with E-state index < -0.39 is 16.0 Å². The van der Waals surface area contributed by atoms with E-state index in [-0.39, 0.29) is 18.7 Å². The molecule has 19 heavy (non-hydrogen) atoms. The first-order chi connectivity index (χ1) is 8.93. The van der Waals surface area contributed by atoms with E-state index in [0.717, 1.165) is 17.5 Å². The fraction of sp³-hybridized carbons (Fsp3) is 0.462. The van der Waals surface area contributed by atoms with Gasteiger partial charge in [-0.2, -0.15) is 0 Å². The molecule has 5 nitrogen and oxygen atoms in total. The van der Waals surface area contributed by atoms with Gasteiger partial charge in [0.25, 0.3) is 0 Å². The largest absolute Gasteiger partial charge is 0.481 e. The molecule has 106 valence electrons. The number of sulfonamides is 1. The molecule has 0 saturated heterocycles. The fourth-order valence-electron chi connectivity index (χ4n) is 1.61. The summed E-state index contributed by atoms with van der Waals surface area (Å²) in [6.45, 7) is 2.19. The number of hydrogen-bond acceptors (Lipinski definition) is 3. The minimum Gasteiger partial charge on any atom is -0.481 e. The zero-order valence-electron chi connectivity index (χ0n) is 10.9. The first kappa shape index (κ1) is 15.7. The van der Waals surface area contributed by atoms with E-state index in [1.54, 1.807) is 12.1 Å². The van der Waals surface area contributed by atoms with Crippen molar-refractivity contribution in [3.8, 4) is 0 Å². The molecule has 0 aliphatic carbocycles. The number of aliphatic carboxylic acids is 1. The van der Waals surface area contributed by atoms with Crippen LogP contribution in [0.25, 0.3) is 0 Å². The van der Waals surface area contributed by atoms with Gasteiger partial charge in [-0.1, -0.05) is 31.2 Å². The lowest BCUT2D eigenvalue weighted by Crippen LogP contribution is -2.26. The fourth-order valence-corrected chi connectivity index (χ4v) is 2.80.